The van der Waals surface area contributed by atoms with Gasteiger partial charge in [-0.05, 0) is 48.5 Å². The Morgan fingerprint density at radius 1 is 0.377 bits per heavy atom. The molecular formula is C44H41N7O10. The van der Waals surface area contributed by atoms with Crippen molar-refractivity contribution in [3.8, 4) is 0 Å². The highest BCUT2D eigenvalue weighted by Gasteiger charge is 2.27. The number of hydrogen-bond donors (Lipinski definition) is 7. The van der Waals surface area contributed by atoms with Crippen LogP contribution in [0.25, 0.3) is 0 Å². The van der Waals surface area contributed by atoms with Crippen LogP contribution in [0.2, 0.25) is 0 Å². The number of ketones is 2. The Morgan fingerprint density at radius 3 is 0.885 bits per heavy atom. The summed E-state index contributed by atoms with van der Waals surface area (Å²) < 4.78 is 0. The monoisotopic (exact) mass is 827 g/mol. The lowest BCUT2D eigenvalue weighted by atomic mass is 9.94. The molecule has 4 aromatic carbocycles. The lowest BCUT2D eigenvalue weighted by Gasteiger charge is -2.14. The fourth-order valence-electron chi connectivity index (χ4n) is 5.92. The normalized spacial score (nSPS) is 10.2. The Bertz CT molecular complexity index is 2370. The molecular weight excluding hydrogens is 787 g/mol. The summed E-state index contributed by atoms with van der Waals surface area (Å²) in [5, 5.41) is 16.9. The summed E-state index contributed by atoms with van der Waals surface area (Å²) in [5.74, 6) is -7.59. The van der Waals surface area contributed by atoms with Gasteiger partial charge in [-0.25, -0.2) is 0 Å². The lowest BCUT2D eigenvalue weighted by molar-refractivity contribution is 0.0832. The summed E-state index contributed by atoms with van der Waals surface area (Å²) in [6, 6.07) is 14.6. The standard InChI is InChI=1S/C44H41N7O10/c1-7-17-49-41(58)33-21-25(35(52)23-9-13-27(37(54)45-3)31(19-23)39(56)47-5)11-15-29(33)43(60)51-44(61)30-16-12-26(22-34(30)42(59)50-18-8-2)36(53)24-10-14-28(38(55)46-4)32(20-24)40(57)48-6/h7-16,19-22H,1-2,17-18H2,3-6H3,(H,45,54)(H,46,55)(H,47,56)(H,48,57)(H,49,58)(H,50,59)(H,51,60,61). The molecule has 0 aliphatic rings. The molecule has 0 aliphatic heterocycles. The summed E-state index contributed by atoms with van der Waals surface area (Å²) in [5.41, 5.74) is -1.72. The summed E-state index contributed by atoms with van der Waals surface area (Å²) in [4.78, 5) is 132. The van der Waals surface area contributed by atoms with Gasteiger partial charge in [0, 0.05) is 63.5 Å². The van der Waals surface area contributed by atoms with Gasteiger partial charge in [0.15, 0.2) is 11.6 Å². The first-order valence-corrected chi connectivity index (χ1v) is 18.3. The van der Waals surface area contributed by atoms with Crippen molar-refractivity contribution < 1.29 is 47.9 Å². The maximum absolute atomic E-state index is 13.8. The Balaban J connectivity index is 1.73. The maximum Gasteiger partial charge on any atom is 0.258 e. The molecule has 0 saturated carbocycles. The molecule has 0 radical (unpaired) electrons. The van der Waals surface area contributed by atoms with Gasteiger partial charge in [0.05, 0.1) is 44.5 Å². The van der Waals surface area contributed by atoms with Gasteiger partial charge in [-0.3, -0.25) is 53.3 Å². The number of rotatable bonds is 16. The third-order valence-electron chi connectivity index (χ3n) is 9.03. The lowest BCUT2D eigenvalue weighted by Crippen LogP contribution is -2.35. The number of imide groups is 1. The van der Waals surface area contributed by atoms with Gasteiger partial charge in [0.25, 0.3) is 47.3 Å². The third-order valence-corrected chi connectivity index (χ3v) is 9.03. The fourth-order valence-corrected chi connectivity index (χ4v) is 5.92. The van der Waals surface area contributed by atoms with E-state index in [1.165, 1.54) is 88.9 Å². The van der Waals surface area contributed by atoms with E-state index < -0.39 is 58.8 Å². The molecule has 7 N–H and O–H groups in total. The van der Waals surface area contributed by atoms with E-state index in [0.29, 0.717) is 0 Å². The average Bonchev–Trinajstić information content (AvgIpc) is 3.29. The third kappa shape index (κ3) is 10.2. The second-order valence-corrected chi connectivity index (χ2v) is 12.8. The number of benzene rings is 4. The van der Waals surface area contributed by atoms with E-state index in [1.807, 2.05) is 0 Å². The molecule has 17 heteroatoms. The van der Waals surface area contributed by atoms with Crippen LogP contribution in [0.3, 0.4) is 0 Å². The van der Waals surface area contributed by atoms with Crippen molar-refractivity contribution >= 4 is 58.8 Å². The smallest absolute Gasteiger partial charge is 0.258 e. The molecule has 4 aromatic rings. The number of amides is 8. The van der Waals surface area contributed by atoms with Crippen LogP contribution in [0.15, 0.2) is 98.1 Å². The Morgan fingerprint density at radius 2 is 0.623 bits per heavy atom. The summed E-state index contributed by atoms with van der Waals surface area (Å²) in [6.07, 6.45) is 2.75. The second-order valence-electron chi connectivity index (χ2n) is 12.8. The SMILES string of the molecule is C=CCNC(=O)c1cc(C(=O)c2ccc(C(=O)NC)c(C(=O)NC)c2)ccc1C(=O)NC(=O)c1ccc(C(=O)c2ccc(C(=O)NC)c(C(=O)NC)c2)cc1C(=O)NCC=C. The van der Waals surface area contributed by atoms with Crippen LogP contribution in [-0.2, 0) is 0 Å². The topological polar surface area (TPSA) is 255 Å². The second kappa shape index (κ2) is 20.4. The van der Waals surface area contributed by atoms with Gasteiger partial charge in [0.2, 0.25) is 0 Å². The van der Waals surface area contributed by atoms with Gasteiger partial charge in [-0.15, -0.1) is 13.2 Å². The molecule has 0 aliphatic carbocycles. The Labute approximate surface area is 349 Å². The van der Waals surface area contributed by atoms with Gasteiger partial charge in [-0.1, -0.05) is 36.4 Å². The van der Waals surface area contributed by atoms with Crippen molar-refractivity contribution in [3.63, 3.8) is 0 Å². The largest absolute Gasteiger partial charge is 0.355 e. The maximum atomic E-state index is 13.8. The van der Waals surface area contributed by atoms with E-state index in [2.05, 4.69) is 50.4 Å². The van der Waals surface area contributed by atoms with Crippen LogP contribution >= 0.6 is 0 Å². The fraction of sp³-hybridized carbons (Fsp3) is 0.136. The molecule has 312 valence electrons. The molecule has 17 nitrogen and oxygen atoms in total. The molecule has 0 saturated heterocycles. The van der Waals surface area contributed by atoms with E-state index in [4.69, 9.17) is 0 Å². The zero-order valence-corrected chi connectivity index (χ0v) is 33.5. The molecule has 0 spiro atoms. The first kappa shape index (κ1) is 45.4. The molecule has 0 bridgehead atoms. The minimum absolute atomic E-state index is 0.00687. The quantitative estimate of drug-likeness (QED) is 0.0491. The Hall–Kier alpha value is -8.34. The van der Waals surface area contributed by atoms with Crippen molar-refractivity contribution in [1.29, 1.82) is 0 Å². The van der Waals surface area contributed by atoms with E-state index in [-0.39, 0.29) is 79.9 Å². The van der Waals surface area contributed by atoms with E-state index in [1.54, 1.807) is 0 Å². The molecule has 0 heterocycles. The van der Waals surface area contributed by atoms with Gasteiger partial charge < -0.3 is 31.9 Å². The molecule has 0 atom stereocenters. The first-order chi connectivity index (χ1) is 29.1. The van der Waals surface area contributed by atoms with Crippen LogP contribution in [0.1, 0.15) is 115 Å². The van der Waals surface area contributed by atoms with Gasteiger partial charge in [0.1, 0.15) is 0 Å². The minimum atomic E-state index is -1.10. The van der Waals surface area contributed by atoms with Crippen molar-refractivity contribution in [2.75, 3.05) is 41.3 Å². The molecule has 61 heavy (non-hydrogen) atoms. The molecule has 0 unspecified atom stereocenters. The van der Waals surface area contributed by atoms with Crippen LogP contribution in [0.5, 0.6) is 0 Å². The molecule has 8 amide bonds. The van der Waals surface area contributed by atoms with E-state index >= 15 is 0 Å². The van der Waals surface area contributed by atoms with Crippen molar-refractivity contribution in [1.82, 2.24) is 37.2 Å². The number of carbonyl (C=O) groups is 10. The summed E-state index contributed by atoms with van der Waals surface area (Å²) >= 11 is 0. The molecule has 4 rings (SSSR count). The predicted molar refractivity (Wildman–Crippen MR) is 223 cm³/mol. The van der Waals surface area contributed by atoms with Gasteiger partial charge >= 0.3 is 0 Å². The summed E-state index contributed by atoms with van der Waals surface area (Å²) in [7, 11) is 5.46. The van der Waals surface area contributed by atoms with Gasteiger partial charge in [-0.2, -0.15) is 0 Å². The van der Waals surface area contributed by atoms with Crippen molar-refractivity contribution in [2.24, 2.45) is 0 Å². The van der Waals surface area contributed by atoms with Crippen LogP contribution in [0, 0.1) is 0 Å². The Kier molecular flexibility index (Phi) is 15.2. The van der Waals surface area contributed by atoms with Crippen molar-refractivity contribution in [2.45, 2.75) is 0 Å². The highest BCUT2D eigenvalue weighted by Crippen LogP contribution is 2.22. The molecule has 0 fully saturated rings. The van der Waals surface area contributed by atoms with Crippen LogP contribution in [-0.4, -0.2) is 100 Å². The number of carbonyl (C=O) groups excluding carboxylic acids is 10. The number of nitrogens with one attached hydrogen (secondary N) is 7. The summed E-state index contributed by atoms with van der Waals surface area (Å²) in [6.45, 7) is 7.04. The highest BCUT2D eigenvalue weighted by molar-refractivity contribution is 6.20. The van der Waals surface area contributed by atoms with Crippen molar-refractivity contribution in [3.05, 3.63) is 165 Å². The minimum Gasteiger partial charge on any atom is -0.355 e. The zero-order valence-electron chi connectivity index (χ0n) is 33.5. The first-order valence-electron chi connectivity index (χ1n) is 18.3. The van der Waals surface area contributed by atoms with Crippen LogP contribution in [0.4, 0.5) is 0 Å². The average molecular weight is 828 g/mol. The van der Waals surface area contributed by atoms with E-state index in [0.717, 1.165) is 24.3 Å². The number of hydrogen-bond acceptors (Lipinski definition) is 10. The highest BCUT2D eigenvalue weighted by atomic mass is 16.2. The van der Waals surface area contributed by atoms with Crippen LogP contribution < -0.4 is 37.2 Å². The predicted octanol–water partition coefficient (Wildman–Crippen LogP) is 1.99. The van der Waals surface area contributed by atoms with E-state index in [9.17, 15) is 47.9 Å². The molecule has 0 aromatic heterocycles. The zero-order chi connectivity index (χ0) is 45.0.